The van der Waals surface area contributed by atoms with Crippen LogP contribution in [0, 0.1) is 23.0 Å². The largest absolute Gasteiger partial charge is 0.443 e. The van der Waals surface area contributed by atoms with Gasteiger partial charge in [0.1, 0.15) is 22.8 Å². The number of nitrogens with one attached hydrogen (secondary N) is 1. The van der Waals surface area contributed by atoms with E-state index in [9.17, 15) is 18.4 Å². The maximum atomic E-state index is 14.4. The first-order chi connectivity index (χ1) is 17.0. The smallest absolute Gasteiger partial charge is 0.423 e. The zero-order valence-electron chi connectivity index (χ0n) is 19.5. The number of carbonyl (C=O) groups excluding carboxylic acids is 1. The van der Waals surface area contributed by atoms with E-state index in [4.69, 9.17) is 15.7 Å². The Morgan fingerprint density at radius 3 is 2.56 bits per heavy atom. The summed E-state index contributed by atoms with van der Waals surface area (Å²) >= 11 is 0. The van der Waals surface area contributed by atoms with Gasteiger partial charge >= 0.3 is 11.8 Å². The Hall–Kier alpha value is -4.79. The molecule has 0 aliphatic carbocycles. The second-order valence-electron chi connectivity index (χ2n) is 8.83. The maximum Gasteiger partial charge on any atom is 0.423 e. The minimum Gasteiger partial charge on any atom is -0.443 e. The zero-order valence-corrected chi connectivity index (χ0v) is 19.5. The normalized spacial score (nSPS) is 11.3. The summed E-state index contributed by atoms with van der Waals surface area (Å²) in [5.41, 5.74) is 4.58. The topological polar surface area (TPSA) is 141 Å². The summed E-state index contributed by atoms with van der Waals surface area (Å²) in [6, 6.07) is 9.85. The average molecular weight is 493 g/mol. The maximum absolute atomic E-state index is 14.4. The number of imidazole rings is 1. The van der Waals surface area contributed by atoms with Gasteiger partial charge in [-0.1, -0.05) is 6.07 Å². The van der Waals surface area contributed by atoms with Crippen LogP contribution in [0.4, 0.5) is 30.9 Å². The fraction of sp³-hybridized carbons (Fsp3) is 0.208. The van der Waals surface area contributed by atoms with Crippen LogP contribution in [0.2, 0.25) is 0 Å². The first-order valence-electron chi connectivity index (χ1n) is 10.7. The van der Waals surface area contributed by atoms with Gasteiger partial charge in [0, 0.05) is 5.56 Å². The highest BCUT2D eigenvalue weighted by Gasteiger charge is 2.26. The molecule has 0 fully saturated rings. The van der Waals surface area contributed by atoms with Crippen molar-refractivity contribution in [1.29, 1.82) is 5.26 Å². The Morgan fingerprint density at radius 2 is 1.92 bits per heavy atom. The third-order valence-electron chi connectivity index (χ3n) is 5.05. The van der Waals surface area contributed by atoms with E-state index in [1.54, 1.807) is 20.8 Å². The second-order valence-corrected chi connectivity index (χ2v) is 8.83. The third-order valence-corrected chi connectivity index (χ3v) is 5.05. The van der Waals surface area contributed by atoms with Crippen LogP contribution in [0.3, 0.4) is 0 Å². The first kappa shape index (κ1) is 24.3. The predicted octanol–water partition coefficient (Wildman–Crippen LogP) is 3.90. The molecule has 4 aromatic rings. The number of nitriles is 1. The minimum absolute atomic E-state index is 0.0321. The minimum atomic E-state index is -1.000. The summed E-state index contributed by atoms with van der Waals surface area (Å²) in [7, 11) is 0. The SMILES string of the molecule is CC(C)(C)OC(=O)n1c(=O)n(Cc2c(F)cccc2F)c2nc(Nc3cc(C#N)ccc3N)ncc21. The summed E-state index contributed by atoms with van der Waals surface area (Å²) in [5, 5.41) is 12.0. The number of anilines is 3. The van der Waals surface area contributed by atoms with Gasteiger partial charge in [-0.05, 0) is 51.1 Å². The number of aromatic nitrogens is 4. The van der Waals surface area contributed by atoms with Crippen molar-refractivity contribution in [1.82, 2.24) is 19.1 Å². The lowest BCUT2D eigenvalue weighted by Gasteiger charge is -2.19. The highest BCUT2D eigenvalue weighted by Crippen LogP contribution is 2.24. The second kappa shape index (κ2) is 9.10. The van der Waals surface area contributed by atoms with Gasteiger partial charge in [0.2, 0.25) is 5.95 Å². The van der Waals surface area contributed by atoms with Crippen LogP contribution in [0.15, 0.2) is 47.4 Å². The third kappa shape index (κ3) is 4.72. The van der Waals surface area contributed by atoms with Gasteiger partial charge in [0.05, 0.1) is 35.7 Å². The van der Waals surface area contributed by atoms with Crippen molar-refractivity contribution >= 4 is 34.6 Å². The van der Waals surface area contributed by atoms with Crippen LogP contribution in [0.1, 0.15) is 31.9 Å². The molecule has 0 saturated heterocycles. The van der Waals surface area contributed by atoms with Crippen LogP contribution >= 0.6 is 0 Å². The van der Waals surface area contributed by atoms with E-state index in [1.165, 1.54) is 30.5 Å². The summed E-state index contributed by atoms with van der Waals surface area (Å²) in [6.45, 7) is 4.33. The summed E-state index contributed by atoms with van der Waals surface area (Å²) in [6.07, 6.45) is 0.203. The van der Waals surface area contributed by atoms with Gasteiger partial charge in [-0.2, -0.15) is 14.8 Å². The van der Waals surface area contributed by atoms with Gasteiger partial charge < -0.3 is 15.8 Å². The van der Waals surface area contributed by atoms with Crippen molar-refractivity contribution in [3.05, 3.63) is 75.8 Å². The molecule has 12 heteroatoms. The molecule has 0 spiro atoms. The molecule has 2 aromatic carbocycles. The number of nitrogens with two attached hydrogens (primary N) is 1. The molecule has 36 heavy (non-hydrogen) atoms. The van der Waals surface area contributed by atoms with E-state index in [1.807, 2.05) is 6.07 Å². The molecular weight excluding hydrogens is 472 g/mol. The van der Waals surface area contributed by atoms with Crippen LogP contribution in [0.5, 0.6) is 0 Å². The van der Waals surface area contributed by atoms with Crippen LogP contribution in [-0.4, -0.2) is 30.8 Å². The van der Waals surface area contributed by atoms with Crippen molar-refractivity contribution in [2.45, 2.75) is 32.9 Å². The van der Waals surface area contributed by atoms with Crippen LogP contribution in [-0.2, 0) is 11.3 Å². The lowest BCUT2D eigenvalue weighted by atomic mass is 10.2. The molecule has 0 saturated carbocycles. The van der Waals surface area contributed by atoms with E-state index < -0.39 is 35.6 Å². The Bertz CT molecular complexity index is 1580. The van der Waals surface area contributed by atoms with E-state index >= 15 is 0 Å². The van der Waals surface area contributed by atoms with E-state index in [-0.39, 0.29) is 22.7 Å². The summed E-state index contributed by atoms with van der Waals surface area (Å²) in [4.78, 5) is 34.6. The molecule has 0 atom stereocenters. The van der Waals surface area contributed by atoms with E-state index in [0.717, 1.165) is 16.7 Å². The van der Waals surface area contributed by atoms with Gasteiger partial charge in [-0.15, -0.1) is 0 Å². The number of fused-ring (bicyclic) bond motifs is 1. The first-order valence-corrected chi connectivity index (χ1v) is 10.7. The Morgan fingerprint density at radius 1 is 1.22 bits per heavy atom. The molecule has 0 aliphatic heterocycles. The fourth-order valence-corrected chi connectivity index (χ4v) is 3.42. The zero-order chi connectivity index (χ0) is 26.2. The predicted molar refractivity (Wildman–Crippen MR) is 128 cm³/mol. The number of hydrogen-bond donors (Lipinski definition) is 2. The highest BCUT2D eigenvalue weighted by molar-refractivity contribution is 5.85. The molecule has 0 aliphatic rings. The molecule has 3 N–H and O–H groups in total. The molecule has 2 aromatic heterocycles. The van der Waals surface area contributed by atoms with Crippen LogP contribution in [0.25, 0.3) is 11.2 Å². The Labute approximate surface area is 203 Å². The molecular formula is C24H21F2N7O3. The van der Waals surface area contributed by atoms with E-state index in [2.05, 4.69) is 15.3 Å². The lowest BCUT2D eigenvalue weighted by molar-refractivity contribution is 0.0537. The molecule has 0 bridgehead atoms. The number of halogens is 2. The monoisotopic (exact) mass is 493 g/mol. The number of hydrogen-bond acceptors (Lipinski definition) is 8. The van der Waals surface area contributed by atoms with Gasteiger partial charge in [0.15, 0.2) is 5.65 Å². The number of nitrogen functional groups attached to an aromatic ring is 1. The molecule has 0 radical (unpaired) electrons. The van der Waals surface area contributed by atoms with Crippen LogP contribution < -0.4 is 16.7 Å². The Kier molecular flexibility index (Phi) is 6.15. The highest BCUT2D eigenvalue weighted by atomic mass is 19.1. The molecule has 10 nitrogen and oxygen atoms in total. The number of nitrogens with zero attached hydrogens (tertiary/aromatic N) is 5. The van der Waals surface area contributed by atoms with Crippen molar-refractivity contribution in [3.63, 3.8) is 0 Å². The quantitative estimate of drug-likeness (QED) is 0.408. The number of rotatable bonds is 4. The van der Waals surface area contributed by atoms with Crippen molar-refractivity contribution in [2.75, 3.05) is 11.1 Å². The molecule has 0 unspecified atom stereocenters. The van der Waals surface area contributed by atoms with Crippen molar-refractivity contribution in [3.8, 4) is 6.07 Å². The fourth-order valence-electron chi connectivity index (χ4n) is 3.42. The van der Waals surface area contributed by atoms with Gasteiger partial charge in [-0.25, -0.2) is 23.4 Å². The molecule has 0 amide bonds. The average Bonchev–Trinajstić information content (AvgIpc) is 3.07. The standard InChI is InChI=1S/C24H21F2N7O3/c1-24(2,3)36-23(35)33-19-11-29-21(30-18-9-13(10-27)7-8-17(18)28)31-20(19)32(22(33)34)12-14-15(25)5-4-6-16(14)26/h4-9,11H,12,28H2,1-3H3,(H,29,30,31). The number of ether oxygens (including phenoxy) is 1. The number of carbonyl (C=O) groups is 1. The lowest BCUT2D eigenvalue weighted by Crippen LogP contribution is -2.34. The van der Waals surface area contributed by atoms with Crippen molar-refractivity contribution < 1.29 is 18.3 Å². The summed E-state index contributed by atoms with van der Waals surface area (Å²) < 4.78 is 35.8. The van der Waals surface area contributed by atoms with E-state index in [0.29, 0.717) is 21.5 Å². The molecule has 2 heterocycles. The number of benzene rings is 2. The van der Waals surface area contributed by atoms with Crippen molar-refractivity contribution in [2.24, 2.45) is 0 Å². The molecule has 4 rings (SSSR count). The van der Waals surface area contributed by atoms with Gasteiger partial charge in [0.25, 0.3) is 0 Å². The molecule has 184 valence electrons. The van der Waals surface area contributed by atoms with Gasteiger partial charge in [-0.3, -0.25) is 4.57 Å². The Balaban J connectivity index is 1.88. The summed E-state index contributed by atoms with van der Waals surface area (Å²) in [5.74, 6) is -1.77.